The van der Waals surface area contributed by atoms with Crippen molar-refractivity contribution in [3.05, 3.63) is 90.6 Å². The van der Waals surface area contributed by atoms with Crippen LogP contribution in [0.4, 0.5) is 5.69 Å². The second-order valence-corrected chi connectivity index (χ2v) is 8.37. The third-order valence-corrected chi connectivity index (χ3v) is 5.72. The van der Waals surface area contributed by atoms with E-state index >= 15 is 0 Å². The number of fused-ring (bicyclic) bond motifs is 1. The van der Waals surface area contributed by atoms with E-state index in [1.165, 1.54) is 11.8 Å². The number of nitrogens with zero attached hydrogens (tertiary/aromatic N) is 3. The number of carbonyl (C=O) groups excluding carboxylic acids is 1. The Balaban J connectivity index is 1.08. The molecule has 0 fully saturated rings. The van der Waals surface area contributed by atoms with Crippen LogP contribution in [-0.2, 0) is 17.6 Å². The van der Waals surface area contributed by atoms with Crippen LogP contribution >= 0.6 is 11.8 Å². The maximum Gasteiger partial charge on any atom is 0.277 e. The zero-order chi connectivity index (χ0) is 23.2. The number of thioether (sulfide) groups is 1. The van der Waals surface area contributed by atoms with Gasteiger partial charge >= 0.3 is 0 Å². The summed E-state index contributed by atoms with van der Waals surface area (Å²) in [5.74, 6) is 2.83. The van der Waals surface area contributed by atoms with Crippen LogP contribution in [0.1, 0.15) is 11.7 Å². The highest BCUT2D eigenvalue weighted by Crippen LogP contribution is 2.23. The maximum absolute atomic E-state index is 12.3. The van der Waals surface area contributed by atoms with Gasteiger partial charge in [0.2, 0.25) is 11.8 Å². The number of amides is 1. The van der Waals surface area contributed by atoms with Crippen molar-refractivity contribution in [3.8, 4) is 11.5 Å². The van der Waals surface area contributed by atoms with E-state index in [0.29, 0.717) is 35.4 Å². The molecular weight excluding hydrogens is 450 g/mol. The number of nitrogens with one attached hydrogen (secondary N) is 2. The monoisotopic (exact) mass is 471 g/mol. The molecule has 0 unspecified atom stereocenters. The molecule has 0 aliphatic carbocycles. The first-order chi connectivity index (χ1) is 16.7. The zero-order valence-electron chi connectivity index (χ0n) is 18.1. The van der Waals surface area contributed by atoms with Crippen LogP contribution in [-0.4, -0.2) is 31.8 Å². The molecule has 170 valence electrons. The summed E-state index contributed by atoms with van der Waals surface area (Å²) in [6, 6.07) is 24.6. The van der Waals surface area contributed by atoms with E-state index in [1.54, 1.807) is 12.1 Å². The fourth-order valence-electron chi connectivity index (χ4n) is 3.30. The van der Waals surface area contributed by atoms with Gasteiger partial charge in [-0.15, -0.1) is 10.2 Å². The molecule has 1 amide bonds. The molecular formula is C25H21N5O3S. The summed E-state index contributed by atoms with van der Waals surface area (Å²) in [7, 11) is 0. The van der Waals surface area contributed by atoms with Crippen molar-refractivity contribution in [3.63, 3.8) is 0 Å². The van der Waals surface area contributed by atoms with E-state index in [4.69, 9.17) is 9.15 Å². The Morgan fingerprint density at radius 2 is 1.68 bits per heavy atom. The van der Waals surface area contributed by atoms with E-state index in [2.05, 4.69) is 25.5 Å². The summed E-state index contributed by atoms with van der Waals surface area (Å²) in [4.78, 5) is 20.1. The van der Waals surface area contributed by atoms with Crippen molar-refractivity contribution < 1.29 is 13.9 Å². The predicted molar refractivity (Wildman–Crippen MR) is 130 cm³/mol. The summed E-state index contributed by atoms with van der Waals surface area (Å²) in [5.41, 5.74) is 2.62. The number of anilines is 1. The van der Waals surface area contributed by atoms with E-state index in [-0.39, 0.29) is 11.7 Å². The van der Waals surface area contributed by atoms with E-state index in [9.17, 15) is 4.79 Å². The number of aryl methyl sites for hydroxylation is 2. The Morgan fingerprint density at radius 3 is 2.50 bits per heavy atom. The third-order valence-electron chi connectivity index (χ3n) is 4.91. The normalized spacial score (nSPS) is 10.9. The van der Waals surface area contributed by atoms with Crippen LogP contribution in [0.2, 0.25) is 0 Å². The number of ether oxygens (including phenoxy) is 1. The van der Waals surface area contributed by atoms with Crippen LogP contribution in [0.25, 0.3) is 11.0 Å². The lowest BCUT2D eigenvalue weighted by Crippen LogP contribution is -2.13. The Morgan fingerprint density at radius 1 is 0.912 bits per heavy atom. The number of benzene rings is 3. The van der Waals surface area contributed by atoms with Gasteiger partial charge in [-0.05, 0) is 48.5 Å². The zero-order valence-corrected chi connectivity index (χ0v) is 18.9. The second-order valence-electron chi connectivity index (χ2n) is 7.44. The number of carbonyl (C=O) groups is 1. The van der Waals surface area contributed by atoms with Crippen LogP contribution < -0.4 is 10.1 Å². The molecule has 0 bridgehead atoms. The molecule has 5 rings (SSSR count). The average Bonchev–Trinajstić information content (AvgIpc) is 3.50. The quantitative estimate of drug-likeness (QED) is 0.283. The Kier molecular flexibility index (Phi) is 6.53. The van der Waals surface area contributed by atoms with Gasteiger partial charge < -0.3 is 19.5 Å². The van der Waals surface area contributed by atoms with Gasteiger partial charge in [0, 0.05) is 18.5 Å². The van der Waals surface area contributed by atoms with Crippen LogP contribution in [0.15, 0.2) is 88.5 Å². The van der Waals surface area contributed by atoms with E-state index in [1.807, 2.05) is 66.7 Å². The maximum atomic E-state index is 12.3. The highest BCUT2D eigenvalue weighted by atomic mass is 32.2. The largest absolute Gasteiger partial charge is 0.457 e. The summed E-state index contributed by atoms with van der Waals surface area (Å²) in [6.07, 6.45) is 1.22. The number of rotatable bonds is 9. The van der Waals surface area contributed by atoms with Crippen LogP contribution in [0, 0.1) is 0 Å². The summed E-state index contributed by atoms with van der Waals surface area (Å²) in [5, 5.41) is 11.3. The molecule has 9 heteroatoms. The molecule has 3 aromatic carbocycles. The lowest BCUT2D eigenvalue weighted by atomic mass is 10.3. The van der Waals surface area contributed by atoms with Crippen molar-refractivity contribution in [2.24, 2.45) is 0 Å². The molecule has 0 aliphatic heterocycles. The number of hydrogen-bond acceptors (Lipinski definition) is 7. The SMILES string of the molecule is O=C(CSc1nnc(CCc2nc3ccccc3[nH]2)o1)Nc1ccc(Oc2ccccc2)cc1. The minimum Gasteiger partial charge on any atom is -0.457 e. The Hall–Kier alpha value is -4.11. The van der Waals surface area contributed by atoms with Gasteiger partial charge in [0.05, 0.1) is 16.8 Å². The molecule has 8 nitrogen and oxygen atoms in total. The average molecular weight is 472 g/mol. The summed E-state index contributed by atoms with van der Waals surface area (Å²) >= 11 is 1.20. The number of para-hydroxylation sites is 3. The van der Waals surface area contributed by atoms with Gasteiger partial charge in [0.15, 0.2) is 0 Å². The van der Waals surface area contributed by atoms with Crippen LogP contribution in [0.5, 0.6) is 11.5 Å². The molecule has 0 atom stereocenters. The first-order valence-electron chi connectivity index (χ1n) is 10.7. The molecule has 34 heavy (non-hydrogen) atoms. The van der Waals surface area contributed by atoms with E-state index in [0.717, 1.165) is 22.6 Å². The molecule has 0 saturated heterocycles. The highest BCUT2D eigenvalue weighted by molar-refractivity contribution is 7.99. The fraction of sp³-hybridized carbons (Fsp3) is 0.120. The van der Waals surface area contributed by atoms with Crippen molar-refractivity contribution in [2.45, 2.75) is 18.1 Å². The van der Waals surface area contributed by atoms with Crippen LogP contribution in [0.3, 0.4) is 0 Å². The van der Waals surface area contributed by atoms with Crippen molar-refractivity contribution in [1.29, 1.82) is 0 Å². The second kappa shape index (κ2) is 10.2. The lowest BCUT2D eigenvalue weighted by Gasteiger charge is -2.07. The standard InChI is InChI=1S/C25H21N5O3S/c31-23(26-17-10-12-19(13-11-17)32-18-6-2-1-3-7-18)16-34-25-30-29-24(33-25)15-14-22-27-20-8-4-5-9-21(20)28-22/h1-13H,14-16H2,(H,26,31)(H,27,28). The number of H-pyrrole nitrogens is 1. The topological polar surface area (TPSA) is 106 Å². The van der Waals surface area contributed by atoms with Gasteiger partial charge in [-0.1, -0.05) is 42.1 Å². The first kappa shape index (κ1) is 21.7. The molecule has 0 saturated carbocycles. The summed E-state index contributed by atoms with van der Waals surface area (Å²) < 4.78 is 11.4. The van der Waals surface area contributed by atoms with Gasteiger partial charge in [-0.2, -0.15) is 0 Å². The van der Waals surface area contributed by atoms with Crippen molar-refractivity contribution >= 4 is 34.4 Å². The molecule has 0 radical (unpaired) electrons. The first-order valence-corrected chi connectivity index (χ1v) is 11.7. The highest BCUT2D eigenvalue weighted by Gasteiger charge is 2.11. The number of imidazole rings is 1. The Bertz CT molecular complexity index is 1350. The van der Waals surface area contributed by atoms with E-state index < -0.39 is 0 Å². The number of aromatic nitrogens is 4. The molecule has 0 spiro atoms. The number of hydrogen-bond donors (Lipinski definition) is 2. The molecule has 2 N–H and O–H groups in total. The lowest BCUT2D eigenvalue weighted by molar-refractivity contribution is -0.113. The van der Waals surface area contributed by atoms with Crippen molar-refractivity contribution in [2.75, 3.05) is 11.1 Å². The molecule has 2 aromatic heterocycles. The van der Waals surface area contributed by atoms with Gasteiger partial charge in [-0.25, -0.2) is 4.98 Å². The van der Waals surface area contributed by atoms with Gasteiger partial charge in [0.25, 0.3) is 5.22 Å². The molecule has 0 aliphatic rings. The van der Waals surface area contributed by atoms with Gasteiger partial charge in [0.1, 0.15) is 17.3 Å². The van der Waals surface area contributed by atoms with Gasteiger partial charge in [-0.3, -0.25) is 4.79 Å². The minimum absolute atomic E-state index is 0.160. The molecule has 2 heterocycles. The summed E-state index contributed by atoms with van der Waals surface area (Å²) in [6.45, 7) is 0. The minimum atomic E-state index is -0.163. The smallest absolute Gasteiger partial charge is 0.277 e. The molecule has 5 aromatic rings. The fourth-order valence-corrected chi connectivity index (χ4v) is 3.88. The number of aromatic amines is 1. The third kappa shape index (κ3) is 5.62. The predicted octanol–water partition coefficient (Wildman–Crippen LogP) is 5.25. The Labute approximate surface area is 199 Å². The van der Waals surface area contributed by atoms with Crippen molar-refractivity contribution in [1.82, 2.24) is 20.2 Å².